The molecule has 47 heavy (non-hydrogen) atoms. The first kappa shape index (κ1) is 31.9. The second-order valence-electron chi connectivity index (χ2n) is 12.2. The van der Waals surface area contributed by atoms with Gasteiger partial charge in [-0.05, 0) is 96.7 Å². The van der Waals surface area contributed by atoms with Crippen molar-refractivity contribution in [1.82, 2.24) is 19.9 Å². The lowest BCUT2D eigenvalue weighted by atomic mass is 9.92. The summed E-state index contributed by atoms with van der Waals surface area (Å²) in [4.78, 5) is 31.6. The third-order valence-corrected chi connectivity index (χ3v) is 8.42. The zero-order valence-corrected chi connectivity index (χ0v) is 26.7. The number of fused-ring (bicyclic) bond motifs is 1. The van der Waals surface area contributed by atoms with Gasteiger partial charge >= 0.3 is 6.18 Å². The molecule has 0 atom stereocenters. The molecule has 1 aliphatic heterocycles. The summed E-state index contributed by atoms with van der Waals surface area (Å²) in [5.41, 5.74) is 4.96. The van der Waals surface area contributed by atoms with Crippen LogP contribution in [0.4, 0.5) is 36.3 Å². The zero-order chi connectivity index (χ0) is 33.3. The minimum Gasteiger partial charge on any atom is -0.354 e. The normalized spacial score (nSPS) is 14.1. The summed E-state index contributed by atoms with van der Waals surface area (Å²) in [5.74, 6) is 0.947. The summed E-state index contributed by atoms with van der Waals surface area (Å²) in [7, 11) is 2.13. The first-order chi connectivity index (χ1) is 22.4. The van der Waals surface area contributed by atoms with Gasteiger partial charge in [-0.15, -0.1) is 0 Å². The van der Waals surface area contributed by atoms with Crippen molar-refractivity contribution in [2.45, 2.75) is 32.9 Å². The number of carbonyl (C=O) groups is 1. The number of rotatable bonds is 7. The fraction of sp³-hybridized carbons (Fsp3) is 0.278. The van der Waals surface area contributed by atoms with Gasteiger partial charge in [0, 0.05) is 49.0 Å². The van der Waals surface area contributed by atoms with Crippen LogP contribution in [0.1, 0.15) is 46.8 Å². The molecule has 0 unspecified atom stereocenters. The number of amides is 1. The number of anilines is 4. The third kappa shape index (κ3) is 7.20. The predicted octanol–water partition coefficient (Wildman–Crippen LogP) is 7.89. The Labute approximate surface area is 271 Å². The molecule has 11 heteroatoms. The first-order valence-corrected chi connectivity index (χ1v) is 15.5. The number of alkyl halides is 3. The van der Waals surface area contributed by atoms with Gasteiger partial charge in [-0.3, -0.25) is 4.79 Å². The van der Waals surface area contributed by atoms with Crippen molar-refractivity contribution in [3.63, 3.8) is 0 Å². The van der Waals surface area contributed by atoms with Gasteiger partial charge in [0.05, 0.1) is 23.0 Å². The van der Waals surface area contributed by atoms with Crippen molar-refractivity contribution in [3.8, 4) is 11.1 Å². The van der Waals surface area contributed by atoms with Crippen LogP contribution in [0.3, 0.4) is 0 Å². The number of carbonyl (C=O) groups excluding carboxylic acids is 1. The Morgan fingerprint density at radius 2 is 1.66 bits per heavy atom. The Morgan fingerprint density at radius 3 is 2.36 bits per heavy atom. The van der Waals surface area contributed by atoms with E-state index in [4.69, 9.17) is 4.98 Å². The van der Waals surface area contributed by atoms with E-state index in [-0.39, 0.29) is 11.5 Å². The molecule has 5 aromatic rings. The highest BCUT2D eigenvalue weighted by Gasteiger charge is 2.31. The molecule has 8 nitrogen and oxygen atoms in total. The van der Waals surface area contributed by atoms with Crippen LogP contribution in [0.15, 0.2) is 79.1 Å². The number of nitrogens with zero attached hydrogens (tertiary/aromatic N) is 5. The lowest BCUT2D eigenvalue weighted by Gasteiger charge is -2.33. The summed E-state index contributed by atoms with van der Waals surface area (Å²) in [6.07, 6.45) is -0.943. The Bertz CT molecular complexity index is 1920. The monoisotopic (exact) mass is 639 g/mol. The molecule has 0 radical (unpaired) electrons. The van der Waals surface area contributed by atoms with Crippen molar-refractivity contribution in [3.05, 3.63) is 101 Å². The van der Waals surface area contributed by atoms with E-state index in [1.54, 1.807) is 18.5 Å². The Hall–Kier alpha value is -5.03. The van der Waals surface area contributed by atoms with Gasteiger partial charge in [0.1, 0.15) is 5.82 Å². The molecule has 3 aromatic carbocycles. The van der Waals surface area contributed by atoms with E-state index in [1.807, 2.05) is 37.3 Å². The van der Waals surface area contributed by atoms with Crippen LogP contribution >= 0.6 is 0 Å². The lowest BCUT2D eigenvalue weighted by molar-refractivity contribution is -0.137. The van der Waals surface area contributed by atoms with Crippen molar-refractivity contribution >= 4 is 40.0 Å². The van der Waals surface area contributed by atoms with Crippen LogP contribution in [0.25, 0.3) is 22.0 Å². The minimum absolute atomic E-state index is 0.0712. The summed E-state index contributed by atoms with van der Waals surface area (Å²) in [6, 6.07) is 17.9. The quantitative estimate of drug-likeness (QED) is 0.187. The van der Waals surface area contributed by atoms with Gasteiger partial charge in [-0.1, -0.05) is 26.0 Å². The summed E-state index contributed by atoms with van der Waals surface area (Å²) >= 11 is 0. The number of hydrogen-bond acceptors (Lipinski definition) is 7. The molecule has 242 valence electrons. The van der Waals surface area contributed by atoms with Crippen molar-refractivity contribution in [1.29, 1.82) is 0 Å². The van der Waals surface area contributed by atoms with E-state index in [9.17, 15) is 18.0 Å². The minimum atomic E-state index is -4.54. The van der Waals surface area contributed by atoms with Crippen LogP contribution in [0.2, 0.25) is 0 Å². The standard InChI is InChI=1S/C36H36F3N7O/c1-22(2)30-18-25(31-19-28(9-8-23(31)3)42-34(47)24-6-5-7-27(17-24)36(37,38)39)16-26-20-41-35(44-33(26)30)43-29-10-11-32(40-21-29)46-14-12-45(4)13-15-46/h5-11,16-22H,12-15H2,1-4H3,(H,42,47)(H,41,43,44). The van der Waals surface area contributed by atoms with Gasteiger partial charge in [-0.2, -0.15) is 13.2 Å². The average molecular weight is 640 g/mol. The number of halogens is 3. The Balaban J connectivity index is 1.25. The number of pyridine rings is 1. The van der Waals surface area contributed by atoms with Crippen LogP contribution in [0, 0.1) is 6.92 Å². The van der Waals surface area contributed by atoms with E-state index in [1.165, 1.54) is 12.1 Å². The zero-order valence-electron chi connectivity index (χ0n) is 26.7. The molecule has 6 rings (SSSR count). The van der Waals surface area contributed by atoms with Crippen molar-refractivity contribution in [2.75, 3.05) is 48.8 Å². The van der Waals surface area contributed by atoms with Crippen LogP contribution in [-0.4, -0.2) is 59.0 Å². The molecular formula is C36H36F3N7O. The largest absolute Gasteiger partial charge is 0.416 e. The summed E-state index contributed by atoms with van der Waals surface area (Å²) < 4.78 is 39.6. The maximum Gasteiger partial charge on any atom is 0.416 e. The molecule has 0 aliphatic carbocycles. The van der Waals surface area contributed by atoms with Crippen LogP contribution < -0.4 is 15.5 Å². The summed E-state index contributed by atoms with van der Waals surface area (Å²) in [6.45, 7) is 10.1. The average Bonchev–Trinajstić information content (AvgIpc) is 3.05. The van der Waals surface area contributed by atoms with Gasteiger partial charge in [0.25, 0.3) is 5.91 Å². The highest BCUT2D eigenvalue weighted by molar-refractivity contribution is 6.04. The number of benzene rings is 3. The number of aromatic nitrogens is 3. The second-order valence-corrected chi connectivity index (χ2v) is 12.2. The molecule has 1 amide bonds. The molecule has 1 saturated heterocycles. The highest BCUT2D eigenvalue weighted by atomic mass is 19.4. The molecule has 0 saturated carbocycles. The van der Waals surface area contributed by atoms with Gasteiger partial charge in [0.2, 0.25) is 5.95 Å². The highest BCUT2D eigenvalue weighted by Crippen LogP contribution is 2.35. The lowest BCUT2D eigenvalue weighted by Crippen LogP contribution is -2.44. The molecular weight excluding hydrogens is 603 g/mol. The number of likely N-dealkylation sites (N-methyl/N-ethyl adjacent to an activating group) is 1. The smallest absolute Gasteiger partial charge is 0.354 e. The molecule has 1 fully saturated rings. The van der Waals surface area contributed by atoms with Crippen molar-refractivity contribution < 1.29 is 18.0 Å². The molecule has 2 aromatic heterocycles. The van der Waals surface area contributed by atoms with E-state index in [2.05, 4.69) is 57.4 Å². The number of nitrogens with one attached hydrogen (secondary N) is 2. The number of aryl methyl sites for hydroxylation is 1. The Morgan fingerprint density at radius 1 is 0.894 bits per heavy atom. The molecule has 0 spiro atoms. The molecule has 3 heterocycles. The number of hydrogen-bond donors (Lipinski definition) is 2. The maximum atomic E-state index is 13.2. The van der Waals surface area contributed by atoms with E-state index in [0.717, 1.165) is 83.0 Å². The van der Waals surface area contributed by atoms with Gasteiger partial charge in [0.15, 0.2) is 0 Å². The van der Waals surface area contributed by atoms with Crippen molar-refractivity contribution in [2.24, 2.45) is 0 Å². The first-order valence-electron chi connectivity index (χ1n) is 15.5. The molecule has 2 N–H and O–H groups in total. The fourth-order valence-corrected chi connectivity index (χ4v) is 5.69. The Kier molecular flexibility index (Phi) is 8.83. The predicted molar refractivity (Wildman–Crippen MR) is 180 cm³/mol. The maximum absolute atomic E-state index is 13.2. The van der Waals surface area contributed by atoms with E-state index < -0.39 is 17.6 Å². The third-order valence-electron chi connectivity index (χ3n) is 8.42. The molecule has 0 bridgehead atoms. The SMILES string of the molecule is Cc1ccc(NC(=O)c2cccc(C(F)(F)F)c2)cc1-c1cc(C(C)C)c2nc(Nc3ccc(N4CCN(C)CC4)nc3)ncc2c1. The van der Waals surface area contributed by atoms with E-state index >= 15 is 0 Å². The summed E-state index contributed by atoms with van der Waals surface area (Å²) in [5, 5.41) is 6.91. The van der Waals surface area contributed by atoms with Gasteiger partial charge < -0.3 is 20.4 Å². The van der Waals surface area contributed by atoms with Gasteiger partial charge in [-0.25, -0.2) is 15.0 Å². The fourth-order valence-electron chi connectivity index (χ4n) is 5.69. The second kappa shape index (κ2) is 13.0. The molecule has 1 aliphatic rings. The van der Waals surface area contributed by atoms with Crippen LogP contribution in [-0.2, 0) is 6.18 Å². The number of piperazine rings is 1. The van der Waals surface area contributed by atoms with E-state index in [0.29, 0.717) is 11.6 Å². The van der Waals surface area contributed by atoms with Crippen LogP contribution in [0.5, 0.6) is 0 Å². The topological polar surface area (TPSA) is 86.3 Å².